The monoisotopic (exact) mass is 291 g/mol. The van der Waals surface area contributed by atoms with Gasteiger partial charge in [-0.05, 0) is 36.5 Å². The van der Waals surface area contributed by atoms with E-state index in [-0.39, 0.29) is 5.16 Å². The maximum absolute atomic E-state index is 4.50. The predicted molar refractivity (Wildman–Crippen MR) is 91.6 cm³/mol. The molecule has 0 bridgehead atoms. The number of pyridine rings is 1. The van der Waals surface area contributed by atoms with Crippen LogP contribution in [0, 0.1) is 6.92 Å². The molecule has 0 N–H and O–H groups in total. The maximum Gasteiger partial charge on any atom is 0.0656 e. The third kappa shape index (κ3) is 4.97. The zero-order chi connectivity index (χ0) is 14.5. The summed E-state index contributed by atoms with van der Waals surface area (Å²) in [7, 11) is 2.87. The minimum atomic E-state index is 0.0365. The molecule has 1 rings (SSSR count). The second kappa shape index (κ2) is 7.07. The average Bonchev–Trinajstić information content (AvgIpc) is 2.31. The molecule has 1 unspecified atom stereocenters. The summed E-state index contributed by atoms with van der Waals surface area (Å²) in [5.74, 6) is 0. The Morgan fingerprint density at radius 3 is 2.63 bits per heavy atom. The molecule has 102 valence electrons. The highest BCUT2D eigenvalue weighted by Crippen LogP contribution is 2.39. The molecule has 0 amide bonds. The molecule has 0 aliphatic rings. The van der Waals surface area contributed by atoms with E-state index in [1.807, 2.05) is 31.3 Å². The molecule has 0 spiro atoms. The van der Waals surface area contributed by atoms with Gasteiger partial charge in [0.1, 0.15) is 0 Å². The molecule has 1 aromatic rings. The molecule has 0 radical (unpaired) electrons. The molecule has 0 saturated carbocycles. The van der Waals surface area contributed by atoms with Gasteiger partial charge in [0.2, 0.25) is 0 Å². The fourth-order valence-corrected chi connectivity index (χ4v) is 2.86. The first-order valence-electron chi connectivity index (χ1n) is 6.27. The van der Waals surface area contributed by atoms with E-state index in [0.717, 1.165) is 10.6 Å². The highest BCUT2D eigenvalue weighted by atomic mass is 32.2. The number of nitrogens with zero attached hydrogens (tertiary/aromatic N) is 1. The number of hydrogen-bond acceptors (Lipinski definition) is 2. The van der Waals surface area contributed by atoms with Gasteiger partial charge in [0.15, 0.2) is 0 Å². The molecule has 0 saturated heterocycles. The topological polar surface area (TPSA) is 12.9 Å². The number of rotatable bonds is 5. The van der Waals surface area contributed by atoms with Crippen molar-refractivity contribution in [1.29, 1.82) is 0 Å². The first-order chi connectivity index (χ1) is 8.88. The highest BCUT2D eigenvalue weighted by molar-refractivity contribution is 8.03. The number of thioether (sulfide) groups is 1. The van der Waals surface area contributed by atoms with E-state index in [9.17, 15) is 0 Å². The summed E-state index contributed by atoms with van der Waals surface area (Å²) in [6, 6.07) is 2.18. The van der Waals surface area contributed by atoms with E-state index >= 15 is 0 Å². The van der Waals surface area contributed by atoms with Crippen molar-refractivity contribution >= 4 is 27.1 Å². The van der Waals surface area contributed by atoms with Crippen molar-refractivity contribution in [1.82, 2.24) is 4.98 Å². The van der Waals surface area contributed by atoms with E-state index in [2.05, 4.69) is 53.7 Å². The fraction of sp³-hybridized carbons (Fsp3) is 0.312. The Morgan fingerprint density at radius 1 is 1.47 bits per heavy atom. The largest absolute Gasteiger partial charge is 0.255 e. The molecule has 0 aliphatic heterocycles. The summed E-state index contributed by atoms with van der Waals surface area (Å²) in [5, 5.41) is 0.0365. The lowest BCUT2D eigenvalue weighted by molar-refractivity contribution is 0.884. The van der Waals surface area contributed by atoms with Crippen molar-refractivity contribution in [2.24, 2.45) is 0 Å². The van der Waals surface area contributed by atoms with Crippen LogP contribution in [0.15, 0.2) is 46.9 Å². The zero-order valence-electron chi connectivity index (χ0n) is 12.1. The average molecular weight is 291 g/mol. The Bertz CT molecular complexity index is 510. The molecule has 1 heterocycles. The van der Waals surface area contributed by atoms with Crippen LogP contribution < -0.4 is 0 Å². The van der Waals surface area contributed by atoms with Gasteiger partial charge >= 0.3 is 0 Å². The van der Waals surface area contributed by atoms with Crippen LogP contribution in [0.1, 0.15) is 32.0 Å². The molecule has 0 aliphatic carbocycles. The minimum absolute atomic E-state index is 0.0365. The predicted octanol–water partition coefficient (Wildman–Crippen LogP) is 5.24. The van der Waals surface area contributed by atoms with Crippen molar-refractivity contribution in [2.75, 3.05) is 0 Å². The van der Waals surface area contributed by atoms with E-state index in [4.69, 9.17) is 0 Å². The standard InChI is InChI=1S/C16H22NPS/c1-6-8-14-12(3)10-13(11-17-14)19-15(9-7-2)16(4,5)18/h6-11H,2,18H2,1,3-5H3/b8-6-,15-9-. The third-order valence-corrected chi connectivity index (χ3v) is 4.41. The Balaban J connectivity index is 3.02. The van der Waals surface area contributed by atoms with Gasteiger partial charge < -0.3 is 0 Å². The number of aromatic nitrogens is 1. The quantitative estimate of drug-likeness (QED) is 0.418. The van der Waals surface area contributed by atoms with Gasteiger partial charge in [-0.25, -0.2) is 0 Å². The Morgan fingerprint density at radius 2 is 2.16 bits per heavy atom. The van der Waals surface area contributed by atoms with Gasteiger partial charge in [-0.1, -0.05) is 50.4 Å². The Kier molecular flexibility index (Phi) is 6.03. The van der Waals surface area contributed by atoms with Crippen molar-refractivity contribution < 1.29 is 0 Å². The van der Waals surface area contributed by atoms with E-state index in [1.165, 1.54) is 10.5 Å². The van der Waals surface area contributed by atoms with Crippen molar-refractivity contribution in [3.05, 3.63) is 53.2 Å². The molecule has 0 fully saturated rings. The van der Waals surface area contributed by atoms with E-state index in [1.54, 1.807) is 11.8 Å². The lowest BCUT2D eigenvalue weighted by atomic mass is 10.2. The normalized spacial score (nSPS) is 13.0. The molecular formula is C16H22NPS. The molecule has 3 heteroatoms. The van der Waals surface area contributed by atoms with Crippen LogP contribution in [-0.4, -0.2) is 10.1 Å². The van der Waals surface area contributed by atoms with Crippen LogP contribution in [0.5, 0.6) is 0 Å². The van der Waals surface area contributed by atoms with Crippen molar-refractivity contribution in [3.63, 3.8) is 0 Å². The van der Waals surface area contributed by atoms with Gasteiger partial charge in [-0.3, -0.25) is 4.98 Å². The summed E-state index contributed by atoms with van der Waals surface area (Å²) in [6.45, 7) is 12.2. The molecule has 1 atom stereocenters. The van der Waals surface area contributed by atoms with Gasteiger partial charge in [-0.2, -0.15) is 0 Å². The van der Waals surface area contributed by atoms with Gasteiger partial charge in [0.05, 0.1) is 5.69 Å². The second-order valence-corrected chi connectivity index (χ2v) is 7.52. The van der Waals surface area contributed by atoms with E-state index < -0.39 is 0 Å². The summed E-state index contributed by atoms with van der Waals surface area (Å²) < 4.78 is 0. The SMILES string of the molecule is C=C/C=C(\Sc1cnc(/C=C\C)c(C)c1)C(C)(C)P. The van der Waals surface area contributed by atoms with E-state index in [0.29, 0.717) is 0 Å². The molecular weight excluding hydrogens is 269 g/mol. The summed E-state index contributed by atoms with van der Waals surface area (Å²) in [6.07, 6.45) is 9.87. The summed E-state index contributed by atoms with van der Waals surface area (Å²) >= 11 is 1.74. The zero-order valence-corrected chi connectivity index (χ0v) is 14.1. The Hall–Kier alpha value is -0.850. The van der Waals surface area contributed by atoms with Crippen LogP contribution in [0.4, 0.5) is 0 Å². The first-order valence-corrected chi connectivity index (χ1v) is 7.67. The number of hydrogen-bond donors (Lipinski definition) is 0. The van der Waals surface area contributed by atoms with Gasteiger partial charge in [0, 0.05) is 16.2 Å². The summed E-state index contributed by atoms with van der Waals surface area (Å²) in [5.41, 5.74) is 2.23. The fourth-order valence-electron chi connectivity index (χ4n) is 1.56. The third-order valence-electron chi connectivity index (χ3n) is 2.55. The molecule has 0 aromatic carbocycles. The lowest BCUT2D eigenvalue weighted by Crippen LogP contribution is -2.10. The highest BCUT2D eigenvalue weighted by Gasteiger charge is 2.18. The van der Waals surface area contributed by atoms with Gasteiger partial charge in [0.25, 0.3) is 0 Å². The number of allylic oxidation sites excluding steroid dienone is 4. The lowest BCUT2D eigenvalue weighted by Gasteiger charge is -2.22. The van der Waals surface area contributed by atoms with Gasteiger partial charge in [-0.15, -0.1) is 9.24 Å². The molecule has 19 heavy (non-hydrogen) atoms. The van der Waals surface area contributed by atoms with Crippen LogP contribution in [-0.2, 0) is 0 Å². The maximum atomic E-state index is 4.50. The molecule has 1 aromatic heterocycles. The molecule has 1 nitrogen and oxygen atoms in total. The smallest absolute Gasteiger partial charge is 0.0656 e. The Labute approximate surface area is 123 Å². The van der Waals surface area contributed by atoms with Crippen molar-refractivity contribution in [2.45, 2.75) is 37.7 Å². The van der Waals surface area contributed by atoms with Crippen LogP contribution in [0.25, 0.3) is 6.08 Å². The minimum Gasteiger partial charge on any atom is -0.255 e. The van der Waals surface area contributed by atoms with Crippen LogP contribution >= 0.6 is 21.0 Å². The van der Waals surface area contributed by atoms with Crippen molar-refractivity contribution in [3.8, 4) is 0 Å². The van der Waals surface area contributed by atoms with Crippen LogP contribution in [0.2, 0.25) is 0 Å². The number of aryl methyl sites for hydroxylation is 1. The second-order valence-electron chi connectivity index (χ2n) is 4.96. The van der Waals surface area contributed by atoms with Crippen LogP contribution in [0.3, 0.4) is 0 Å². The first kappa shape index (κ1) is 16.2. The summed E-state index contributed by atoms with van der Waals surface area (Å²) in [4.78, 5) is 6.91.